The molecule has 4 heteroatoms. The molecular weight excluding hydrogens is 358 g/mol. The molecule has 0 aromatic heterocycles. The summed E-state index contributed by atoms with van der Waals surface area (Å²) in [5.74, 6) is 1.52. The van der Waals surface area contributed by atoms with Gasteiger partial charge in [0.1, 0.15) is 5.75 Å². The molecule has 28 heavy (non-hydrogen) atoms. The van der Waals surface area contributed by atoms with Crippen LogP contribution in [0.1, 0.15) is 66.6 Å². The van der Waals surface area contributed by atoms with Crippen LogP contribution in [0.5, 0.6) is 5.75 Å². The maximum Gasteiger partial charge on any atom is 0.186 e. The van der Waals surface area contributed by atoms with Gasteiger partial charge in [0.05, 0.1) is 6.61 Å². The molecule has 0 aliphatic rings. The van der Waals surface area contributed by atoms with E-state index in [1.54, 1.807) is 0 Å². The van der Waals surface area contributed by atoms with E-state index in [9.17, 15) is 4.79 Å². The van der Waals surface area contributed by atoms with Crippen LogP contribution in [0.25, 0.3) is 0 Å². The zero-order chi connectivity index (χ0) is 19.8. The Hall–Kier alpha value is -1.06. The summed E-state index contributed by atoms with van der Waals surface area (Å²) >= 11 is 0. The smallest absolute Gasteiger partial charge is 0.186 e. The Morgan fingerprint density at radius 2 is 1.64 bits per heavy atom. The average molecular weight is 391 g/mol. The normalized spacial score (nSPS) is 12.0. The summed E-state index contributed by atoms with van der Waals surface area (Å²) in [6.07, 6.45) is 4.89. The van der Waals surface area contributed by atoms with Crippen molar-refractivity contribution in [1.29, 1.82) is 0 Å². The van der Waals surface area contributed by atoms with Gasteiger partial charge in [-0.2, -0.15) is 0 Å². The number of aryl methyl sites for hydroxylation is 3. The second-order valence-corrected chi connectivity index (χ2v) is 8.76. The molecule has 0 amide bonds. The minimum absolute atomic E-state index is 0. The standard InChI is InChI=1S/C24H33O2P.Li/c1-6-8-9-20(7-2)16-26-21-10-12-22(13-11-21)27-24(25)23-18(4)14-17(3)15-19(23)5;/h10-15,20,27H,6-9,16H2,1-5H3;. The third-order valence-electron chi connectivity index (χ3n) is 5.05. The van der Waals surface area contributed by atoms with E-state index < -0.39 is 0 Å². The predicted molar refractivity (Wildman–Crippen MR) is 124 cm³/mol. The second kappa shape index (κ2) is 12.5. The van der Waals surface area contributed by atoms with Crippen molar-refractivity contribution in [3.05, 3.63) is 58.7 Å². The first kappa shape index (κ1) is 25.0. The quantitative estimate of drug-likeness (QED) is 0.368. The van der Waals surface area contributed by atoms with Gasteiger partial charge in [0.2, 0.25) is 0 Å². The van der Waals surface area contributed by atoms with Gasteiger partial charge in [-0.15, -0.1) is 0 Å². The maximum atomic E-state index is 12.8. The molecule has 2 aromatic carbocycles. The summed E-state index contributed by atoms with van der Waals surface area (Å²) in [6.45, 7) is 11.4. The third-order valence-corrected chi connectivity index (χ3v) is 6.14. The first-order chi connectivity index (χ1) is 12.9. The fourth-order valence-electron chi connectivity index (χ4n) is 3.48. The van der Waals surface area contributed by atoms with Crippen molar-refractivity contribution < 1.29 is 9.53 Å². The molecule has 2 nitrogen and oxygen atoms in total. The first-order valence-corrected chi connectivity index (χ1v) is 11.1. The molecule has 0 saturated carbocycles. The maximum absolute atomic E-state index is 12.8. The molecule has 0 fully saturated rings. The molecule has 147 valence electrons. The number of carbonyl (C=O) groups excluding carboxylic acids is 1. The van der Waals surface area contributed by atoms with Crippen LogP contribution in [0.15, 0.2) is 36.4 Å². The van der Waals surface area contributed by atoms with E-state index in [1.807, 2.05) is 38.1 Å². The van der Waals surface area contributed by atoms with Gasteiger partial charge in [-0.05, 0) is 70.3 Å². The van der Waals surface area contributed by atoms with Crippen molar-refractivity contribution in [2.24, 2.45) is 5.92 Å². The topological polar surface area (TPSA) is 26.3 Å². The van der Waals surface area contributed by atoms with Crippen LogP contribution in [0.2, 0.25) is 0 Å². The predicted octanol–water partition coefficient (Wildman–Crippen LogP) is 5.97. The molecule has 2 rings (SSSR count). The summed E-state index contributed by atoms with van der Waals surface area (Å²) in [6, 6.07) is 12.2. The number of hydrogen-bond acceptors (Lipinski definition) is 2. The van der Waals surface area contributed by atoms with Crippen LogP contribution in [0.3, 0.4) is 0 Å². The molecule has 2 atom stereocenters. The monoisotopic (exact) mass is 391 g/mol. The zero-order valence-corrected chi connectivity index (χ0v) is 19.4. The Kier molecular flexibility index (Phi) is 11.1. The van der Waals surface area contributed by atoms with Gasteiger partial charge in [-0.3, -0.25) is 4.79 Å². The van der Waals surface area contributed by atoms with Crippen LogP contribution >= 0.6 is 8.58 Å². The number of carbonyl (C=O) groups is 1. The van der Waals surface area contributed by atoms with E-state index in [4.69, 9.17) is 4.74 Å². The van der Waals surface area contributed by atoms with Crippen molar-refractivity contribution in [3.8, 4) is 5.75 Å². The molecule has 0 spiro atoms. The average Bonchev–Trinajstić information content (AvgIpc) is 2.62. The second-order valence-electron chi connectivity index (χ2n) is 7.48. The number of ether oxygens (including phenoxy) is 1. The summed E-state index contributed by atoms with van der Waals surface area (Å²) in [5, 5.41) is 1.06. The minimum Gasteiger partial charge on any atom is -0.493 e. The molecule has 0 N–H and O–H groups in total. The molecule has 1 radical (unpaired) electrons. The Balaban J connectivity index is 0.00000392. The van der Waals surface area contributed by atoms with E-state index in [2.05, 4.69) is 32.9 Å². The minimum atomic E-state index is 0. The van der Waals surface area contributed by atoms with E-state index in [1.165, 1.54) is 24.8 Å². The van der Waals surface area contributed by atoms with Gasteiger partial charge < -0.3 is 4.74 Å². The Labute approximate surface area is 184 Å². The summed E-state index contributed by atoms with van der Waals surface area (Å²) in [4.78, 5) is 12.8. The SMILES string of the molecule is CCCCC(CC)COc1ccc(PC(=O)c2c(C)cc(C)cc2C)cc1.[Li]. The fourth-order valence-corrected chi connectivity index (χ4v) is 4.59. The van der Waals surface area contributed by atoms with E-state index in [0.717, 1.165) is 40.8 Å². The molecule has 0 aliphatic carbocycles. The summed E-state index contributed by atoms with van der Waals surface area (Å²) in [7, 11) is 0.145. The van der Waals surface area contributed by atoms with Crippen molar-refractivity contribution in [3.63, 3.8) is 0 Å². The third kappa shape index (κ3) is 7.40. The number of benzene rings is 2. The van der Waals surface area contributed by atoms with Crippen LogP contribution in [-0.4, -0.2) is 31.0 Å². The zero-order valence-electron chi connectivity index (χ0n) is 18.4. The molecule has 0 saturated heterocycles. The largest absolute Gasteiger partial charge is 0.493 e. The van der Waals surface area contributed by atoms with Crippen molar-refractivity contribution >= 4 is 38.3 Å². The van der Waals surface area contributed by atoms with Gasteiger partial charge in [-0.25, -0.2) is 0 Å². The molecular formula is C24H33LiO2P. The fraction of sp³-hybridized carbons (Fsp3) is 0.458. The van der Waals surface area contributed by atoms with Gasteiger partial charge in [0.15, 0.2) is 5.52 Å². The summed E-state index contributed by atoms with van der Waals surface area (Å²) in [5.41, 5.74) is 4.44. The Morgan fingerprint density at radius 3 is 2.18 bits per heavy atom. The van der Waals surface area contributed by atoms with Gasteiger partial charge >= 0.3 is 0 Å². The molecule has 2 aromatic rings. The van der Waals surface area contributed by atoms with Crippen LogP contribution in [-0.2, 0) is 0 Å². The van der Waals surface area contributed by atoms with Crippen LogP contribution < -0.4 is 10.0 Å². The molecule has 0 bridgehead atoms. The Morgan fingerprint density at radius 1 is 1.04 bits per heavy atom. The number of rotatable bonds is 10. The first-order valence-electron chi connectivity index (χ1n) is 10.1. The van der Waals surface area contributed by atoms with E-state index in [-0.39, 0.29) is 33.0 Å². The number of hydrogen-bond donors (Lipinski definition) is 0. The van der Waals surface area contributed by atoms with Crippen molar-refractivity contribution in [2.45, 2.75) is 60.3 Å². The van der Waals surface area contributed by atoms with Gasteiger partial charge in [-0.1, -0.05) is 62.9 Å². The molecule has 0 aliphatic heterocycles. The summed E-state index contributed by atoms with van der Waals surface area (Å²) < 4.78 is 5.97. The van der Waals surface area contributed by atoms with E-state index in [0.29, 0.717) is 5.92 Å². The van der Waals surface area contributed by atoms with Gasteiger partial charge in [0, 0.05) is 24.4 Å². The van der Waals surface area contributed by atoms with Crippen molar-refractivity contribution in [1.82, 2.24) is 0 Å². The van der Waals surface area contributed by atoms with Crippen LogP contribution in [0.4, 0.5) is 0 Å². The Bertz CT molecular complexity index is 733. The van der Waals surface area contributed by atoms with Gasteiger partial charge in [0.25, 0.3) is 0 Å². The van der Waals surface area contributed by atoms with E-state index >= 15 is 0 Å². The molecule has 0 heterocycles. The molecule has 2 unspecified atom stereocenters. The number of unbranched alkanes of at least 4 members (excludes halogenated alkanes) is 1. The van der Waals surface area contributed by atoms with Crippen LogP contribution in [0, 0.1) is 26.7 Å². The van der Waals surface area contributed by atoms with Crippen molar-refractivity contribution in [2.75, 3.05) is 6.61 Å².